The molecule has 25 heavy (non-hydrogen) atoms. The summed E-state index contributed by atoms with van der Waals surface area (Å²) in [5.74, 6) is 0.429. The predicted molar refractivity (Wildman–Crippen MR) is 100 cm³/mol. The van der Waals surface area contributed by atoms with Crippen LogP contribution in [0.25, 0.3) is 44.2 Å². The second-order valence-electron chi connectivity index (χ2n) is 5.83. The van der Waals surface area contributed by atoms with E-state index in [0.717, 1.165) is 16.2 Å². The minimum Gasteiger partial charge on any atom is -0.448 e. The molecule has 0 aliphatic heterocycles. The number of aromatic amines is 1. The highest BCUT2D eigenvalue weighted by Crippen LogP contribution is 2.33. The zero-order valence-corrected chi connectivity index (χ0v) is 13.7. The van der Waals surface area contributed by atoms with Crippen molar-refractivity contribution in [2.45, 2.75) is 0 Å². The molecule has 1 N–H and O–H groups in total. The van der Waals surface area contributed by atoms with Gasteiger partial charge in [0.15, 0.2) is 0 Å². The second kappa shape index (κ2) is 5.19. The smallest absolute Gasteiger partial charge is 0.294 e. The van der Waals surface area contributed by atoms with Crippen LogP contribution in [-0.4, -0.2) is 9.97 Å². The standard InChI is InChI=1S/C20H11ClN2O2/c21-14-8-4-3-7-13(14)19-22-17-16-12-6-2-1-5-11(12)9-10-15(16)25-18(17)20(24)23-19/h1-10H,(H,22,23,24). The van der Waals surface area contributed by atoms with Gasteiger partial charge in [-0.05, 0) is 29.0 Å². The van der Waals surface area contributed by atoms with E-state index in [1.165, 1.54) is 0 Å². The highest BCUT2D eigenvalue weighted by molar-refractivity contribution is 6.33. The van der Waals surface area contributed by atoms with Crippen molar-refractivity contribution >= 4 is 44.4 Å². The Morgan fingerprint density at radius 1 is 0.960 bits per heavy atom. The molecular formula is C20H11ClN2O2. The molecule has 2 heterocycles. The van der Waals surface area contributed by atoms with Gasteiger partial charge in [0, 0.05) is 5.56 Å². The molecular weight excluding hydrogens is 336 g/mol. The zero-order valence-electron chi connectivity index (χ0n) is 12.9. The average Bonchev–Trinajstić information content (AvgIpc) is 3.02. The Balaban J connectivity index is 1.96. The van der Waals surface area contributed by atoms with Crippen LogP contribution in [0.4, 0.5) is 0 Å². The Hall–Kier alpha value is -3.11. The van der Waals surface area contributed by atoms with Crippen LogP contribution in [0, 0.1) is 0 Å². The van der Waals surface area contributed by atoms with Gasteiger partial charge in [-0.2, -0.15) is 0 Å². The topological polar surface area (TPSA) is 58.9 Å². The first-order valence-corrected chi connectivity index (χ1v) is 8.19. The van der Waals surface area contributed by atoms with Crippen LogP contribution in [0.1, 0.15) is 0 Å². The molecule has 5 aromatic rings. The molecule has 0 aliphatic rings. The van der Waals surface area contributed by atoms with Gasteiger partial charge < -0.3 is 9.40 Å². The summed E-state index contributed by atoms with van der Waals surface area (Å²) >= 11 is 6.26. The molecule has 0 unspecified atom stereocenters. The van der Waals surface area contributed by atoms with Crippen molar-refractivity contribution in [3.63, 3.8) is 0 Å². The minimum atomic E-state index is -0.319. The van der Waals surface area contributed by atoms with Crippen molar-refractivity contribution in [2.75, 3.05) is 0 Å². The summed E-state index contributed by atoms with van der Waals surface area (Å²) in [6, 6.07) is 19.1. The monoisotopic (exact) mass is 346 g/mol. The van der Waals surface area contributed by atoms with E-state index >= 15 is 0 Å². The summed E-state index contributed by atoms with van der Waals surface area (Å²) in [6.07, 6.45) is 0. The van der Waals surface area contributed by atoms with Gasteiger partial charge in [-0.25, -0.2) is 4.98 Å². The van der Waals surface area contributed by atoms with Gasteiger partial charge in [-0.15, -0.1) is 0 Å². The van der Waals surface area contributed by atoms with Gasteiger partial charge in [0.25, 0.3) is 5.56 Å². The maximum atomic E-state index is 12.6. The Kier molecular flexibility index (Phi) is 2.96. The summed E-state index contributed by atoms with van der Waals surface area (Å²) in [7, 11) is 0. The lowest BCUT2D eigenvalue weighted by Crippen LogP contribution is -2.08. The third-order valence-electron chi connectivity index (χ3n) is 4.35. The molecule has 2 aromatic heterocycles. The van der Waals surface area contributed by atoms with Crippen molar-refractivity contribution in [3.8, 4) is 11.4 Å². The molecule has 0 radical (unpaired) electrons. The maximum absolute atomic E-state index is 12.6. The van der Waals surface area contributed by atoms with Gasteiger partial charge >= 0.3 is 0 Å². The number of hydrogen-bond donors (Lipinski definition) is 1. The van der Waals surface area contributed by atoms with Crippen molar-refractivity contribution in [3.05, 3.63) is 76.0 Å². The number of rotatable bonds is 1. The Labute approximate surface area is 146 Å². The van der Waals surface area contributed by atoms with Crippen LogP contribution < -0.4 is 5.56 Å². The molecule has 0 fully saturated rings. The summed E-state index contributed by atoms with van der Waals surface area (Å²) in [5, 5.41) is 3.44. The van der Waals surface area contributed by atoms with E-state index in [4.69, 9.17) is 16.0 Å². The molecule has 0 atom stereocenters. The number of H-pyrrole nitrogens is 1. The third kappa shape index (κ3) is 2.08. The van der Waals surface area contributed by atoms with E-state index in [2.05, 4.69) is 9.97 Å². The van der Waals surface area contributed by atoms with Gasteiger partial charge in [0.05, 0.1) is 10.4 Å². The minimum absolute atomic E-state index is 0.224. The number of benzene rings is 3. The molecule has 3 aromatic carbocycles. The van der Waals surface area contributed by atoms with E-state index in [1.54, 1.807) is 6.07 Å². The van der Waals surface area contributed by atoms with Crippen molar-refractivity contribution in [1.82, 2.24) is 9.97 Å². The molecule has 4 nitrogen and oxygen atoms in total. The molecule has 5 rings (SSSR count). The average molecular weight is 347 g/mol. The van der Waals surface area contributed by atoms with E-state index in [1.807, 2.05) is 54.6 Å². The van der Waals surface area contributed by atoms with Crippen LogP contribution in [-0.2, 0) is 0 Å². The quantitative estimate of drug-likeness (QED) is 0.457. The lowest BCUT2D eigenvalue weighted by atomic mass is 10.1. The lowest BCUT2D eigenvalue weighted by Gasteiger charge is -2.03. The fourth-order valence-corrected chi connectivity index (χ4v) is 3.42. The summed E-state index contributed by atoms with van der Waals surface area (Å²) in [5.41, 5.74) is 1.77. The fourth-order valence-electron chi connectivity index (χ4n) is 3.20. The van der Waals surface area contributed by atoms with Crippen LogP contribution in [0.5, 0.6) is 0 Å². The lowest BCUT2D eigenvalue weighted by molar-refractivity contribution is 0.661. The van der Waals surface area contributed by atoms with Gasteiger partial charge in [-0.3, -0.25) is 4.79 Å². The largest absolute Gasteiger partial charge is 0.448 e. The van der Waals surface area contributed by atoms with Crippen molar-refractivity contribution in [2.24, 2.45) is 0 Å². The van der Waals surface area contributed by atoms with Gasteiger partial charge in [0.2, 0.25) is 5.58 Å². The van der Waals surface area contributed by atoms with Gasteiger partial charge in [-0.1, -0.05) is 54.1 Å². The molecule has 0 bridgehead atoms. The number of hydrogen-bond acceptors (Lipinski definition) is 3. The van der Waals surface area contributed by atoms with Crippen molar-refractivity contribution in [1.29, 1.82) is 0 Å². The van der Waals surface area contributed by atoms with E-state index in [0.29, 0.717) is 27.5 Å². The third-order valence-corrected chi connectivity index (χ3v) is 4.68. The van der Waals surface area contributed by atoms with Crippen LogP contribution in [0.2, 0.25) is 5.02 Å². The number of furan rings is 1. The summed E-state index contributed by atoms with van der Waals surface area (Å²) in [4.78, 5) is 20.0. The molecule has 120 valence electrons. The Morgan fingerprint density at radius 2 is 1.76 bits per heavy atom. The first-order valence-electron chi connectivity index (χ1n) is 7.81. The van der Waals surface area contributed by atoms with E-state index < -0.39 is 0 Å². The Morgan fingerprint density at radius 3 is 2.64 bits per heavy atom. The molecule has 0 saturated heterocycles. The normalized spacial score (nSPS) is 11.6. The van der Waals surface area contributed by atoms with Gasteiger partial charge in [0.1, 0.15) is 16.9 Å². The number of nitrogens with zero attached hydrogens (tertiary/aromatic N) is 1. The molecule has 0 spiro atoms. The van der Waals surface area contributed by atoms with E-state index in [-0.39, 0.29) is 11.1 Å². The van der Waals surface area contributed by atoms with Crippen LogP contribution >= 0.6 is 11.6 Å². The second-order valence-corrected chi connectivity index (χ2v) is 6.24. The molecule has 0 saturated carbocycles. The van der Waals surface area contributed by atoms with Crippen LogP contribution in [0.15, 0.2) is 69.9 Å². The highest BCUT2D eigenvalue weighted by atomic mass is 35.5. The summed E-state index contributed by atoms with van der Waals surface area (Å²) < 4.78 is 5.77. The van der Waals surface area contributed by atoms with Crippen molar-refractivity contribution < 1.29 is 4.42 Å². The maximum Gasteiger partial charge on any atom is 0.294 e. The molecule has 5 heteroatoms. The predicted octanol–water partition coefficient (Wildman–Crippen LogP) is 5.14. The number of nitrogens with one attached hydrogen (secondary N) is 1. The number of halogens is 1. The number of fused-ring (bicyclic) bond motifs is 5. The summed E-state index contributed by atoms with van der Waals surface area (Å²) in [6.45, 7) is 0. The zero-order chi connectivity index (χ0) is 17.0. The SMILES string of the molecule is O=c1[nH]c(-c2ccccc2Cl)nc2c1oc1ccc3ccccc3c12. The highest BCUT2D eigenvalue weighted by Gasteiger charge is 2.17. The fraction of sp³-hybridized carbons (Fsp3) is 0. The number of aromatic nitrogens is 2. The van der Waals surface area contributed by atoms with Crippen LogP contribution in [0.3, 0.4) is 0 Å². The first kappa shape index (κ1) is 14.3. The Bertz CT molecular complexity index is 1330. The van der Waals surface area contributed by atoms with E-state index in [9.17, 15) is 4.79 Å². The molecule has 0 amide bonds. The molecule has 0 aliphatic carbocycles. The first-order chi connectivity index (χ1) is 12.2.